The maximum Gasteiger partial charge on any atom is 0.157 e. The second-order valence-electron chi connectivity index (χ2n) is 3.91. The van der Waals surface area contributed by atoms with Crippen molar-refractivity contribution in [2.24, 2.45) is 7.05 Å². The minimum absolute atomic E-state index is 0.653. The second-order valence-corrected chi connectivity index (χ2v) is 3.91. The van der Waals surface area contributed by atoms with E-state index >= 15 is 0 Å². The molecule has 1 N–H and O–H groups in total. The molecule has 0 aliphatic heterocycles. The molecule has 0 aliphatic rings. The molecule has 1 rings (SSSR count). The Bertz CT molecular complexity index is 289. The minimum atomic E-state index is 0.653. The zero-order valence-electron chi connectivity index (χ0n) is 10.8. The van der Waals surface area contributed by atoms with Gasteiger partial charge in [-0.3, -0.25) is 4.68 Å². The highest BCUT2D eigenvalue weighted by Crippen LogP contribution is 2.05. The van der Waals surface area contributed by atoms with E-state index < -0.39 is 0 Å². The topological polar surface area (TPSA) is 48.3 Å². The van der Waals surface area contributed by atoms with Crippen LogP contribution in [0.15, 0.2) is 12.4 Å². The SMILES string of the molecule is CCCCOCCNCCOc1cnn(C)c1. The number of aromatic nitrogens is 2. The fourth-order valence-electron chi connectivity index (χ4n) is 1.33. The summed E-state index contributed by atoms with van der Waals surface area (Å²) in [6, 6.07) is 0. The van der Waals surface area contributed by atoms with Crippen molar-refractivity contribution in [2.75, 3.05) is 32.9 Å². The molecule has 0 bridgehead atoms. The van der Waals surface area contributed by atoms with Gasteiger partial charge in [-0.2, -0.15) is 5.10 Å². The molecule has 0 fully saturated rings. The average molecular weight is 241 g/mol. The van der Waals surface area contributed by atoms with Crippen LogP contribution in [0.3, 0.4) is 0 Å². The molecule has 0 saturated heterocycles. The van der Waals surface area contributed by atoms with Gasteiger partial charge in [-0.1, -0.05) is 13.3 Å². The molecular weight excluding hydrogens is 218 g/mol. The summed E-state index contributed by atoms with van der Waals surface area (Å²) in [5.41, 5.74) is 0. The van der Waals surface area contributed by atoms with Crippen LogP contribution >= 0.6 is 0 Å². The molecule has 98 valence electrons. The Balaban J connectivity index is 1.84. The van der Waals surface area contributed by atoms with Crippen molar-refractivity contribution in [3.63, 3.8) is 0 Å². The summed E-state index contributed by atoms with van der Waals surface area (Å²) >= 11 is 0. The average Bonchev–Trinajstić information content (AvgIpc) is 2.73. The van der Waals surface area contributed by atoms with Crippen LogP contribution in [0.25, 0.3) is 0 Å². The van der Waals surface area contributed by atoms with Gasteiger partial charge in [0.25, 0.3) is 0 Å². The van der Waals surface area contributed by atoms with Crippen LogP contribution in [0.4, 0.5) is 0 Å². The highest BCUT2D eigenvalue weighted by atomic mass is 16.5. The molecular formula is C12H23N3O2. The van der Waals surface area contributed by atoms with Crippen LogP contribution in [-0.4, -0.2) is 42.7 Å². The zero-order valence-corrected chi connectivity index (χ0v) is 10.8. The smallest absolute Gasteiger partial charge is 0.157 e. The van der Waals surface area contributed by atoms with Gasteiger partial charge in [0.05, 0.1) is 19.0 Å². The van der Waals surface area contributed by atoms with E-state index in [-0.39, 0.29) is 0 Å². The monoisotopic (exact) mass is 241 g/mol. The number of rotatable bonds is 10. The van der Waals surface area contributed by atoms with Crippen LogP contribution in [-0.2, 0) is 11.8 Å². The summed E-state index contributed by atoms with van der Waals surface area (Å²) in [4.78, 5) is 0. The molecule has 0 unspecified atom stereocenters. The largest absolute Gasteiger partial charge is 0.489 e. The zero-order chi connectivity index (χ0) is 12.3. The molecule has 0 saturated carbocycles. The van der Waals surface area contributed by atoms with E-state index in [9.17, 15) is 0 Å². The summed E-state index contributed by atoms with van der Waals surface area (Å²) in [6.45, 7) is 6.15. The van der Waals surface area contributed by atoms with Crippen molar-refractivity contribution >= 4 is 0 Å². The molecule has 0 amide bonds. The van der Waals surface area contributed by atoms with E-state index in [1.165, 1.54) is 6.42 Å². The van der Waals surface area contributed by atoms with Gasteiger partial charge in [0.2, 0.25) is 0 Å². The van der Waals surface area contributed by atoms with Crippen LogP contribution in [0.5, 0.6) is 5.75 Å². The number of unbranched alkanes of at least 4 members (excludes halogenated alkanes) is 1. The first kappa shape index (κ1) is 14.0. The molecule has 1 aromatic rings. The van der Waals surface area contributed by atoms with Crippen LogP contribution in [0.1, 0.15) is 19.8 Å². The third-order valence-corrected chi connectivity index (χ3v) is 2.29. The van der Waals surface area contributed by atoms with Gasteiger partial charge in [-0.05, 0) is 6.42 Å². The predicted octanol–water partition coefficient (Wildman–Crippen LogP) is 1.21. The molecule has 0 spiro atoms. The Morgan fingerprint density at radius 1 is 1.29 bits per heavy atom. The quantitative estimate of drug-likeness (QED) is 0.625. The van der Waals surface area contributed by atoms with Crippen molar-refractivity contribution in [1.29, 1.82) is 0 Å². The molecule has 1 aromatic heterocycles. The first-order valence-electron chi connectivity index (χ1n) is 6.23. The molecule has 0 aromatic carbocycles. The van der Waals surface area contributed by atoms with E-state index in [1.54, 1.807) is 10.9 Å². The number of hydrogen-bond donors (Lipinski definition) is 1. The highest BCUT2D eigenvalue weighted by molar-refractivity contribution is 5.11. The van der Waals surface area contributed by atoms with Gasteiger partial charge >= 0.3 is 0 Å². The number of hydrogen-bond acceptors (Lipinski definition) is 4. The Morgan fingerprint density at radius 2 is 2.12 bits per heavy atom. The lowest BCUT2D eigenvalue weighted by molar-refractivity contribution is 0.132. The number of aryl methyl sites for hydroxylation is 1. The first-order valence-corrected chi connectivity index (χ1v) is 6.23. The van der Waals surface area contributed by atoms with Gasteiger partial charge in [0.15, 0.2) is 5.75 Å². The third kappa shape index (κ3) is 6.97. The van der Waals surface area contributed by atoms with Crippen molar-refractivity contribution in [2.45, 2.75) is 19.8 Å². The van der Waals surface area contributed by atoms with Crippen molar-refractivity contribution < 1.29 is 9.47 Å². The Morgan fingerprint density at radius 3 is 2.82 bits per heavy atom. The lowest BCUT2D eigenvalue weighted by Crippen LogP contribution is -2.25. The van der Waals surface area contributed by atoms with Gasteiger partial charge in [-0.25, -0.2) is 0 Å². The second kappa shape index (κ2) is 9.01. The summed E-state index contributed by atoms with van der Waals surface area (Å²) in [5, 5.41) is 7.29. The number of nitrogens with zero attached hydrogens (tertiary/aromatic N) is 2. The van der Waals surface area contributed by atoms with Crippen molar-refractivity contribution in [1.82, 2.24) is 15.1 Å². The lowest BCUT2D eigenvalue weighted by Gasteiger charge is -2.06. The predicted molar refractivity (Wildman–Crippen MR) is 67.3 cm³/mol. The van der Waals surface area contributed by atoms with Crippen molar-refractivity contribution in [3.8, 4) is 5.75 Å². The van der Waals surface area contributed by atoms with Gasteiger partial charge < -0.3 is 14.8 Å². The Labute approximate surface area is 103 Å². The summed E-state index contributed by atoms with van der Waals surface area (Å²) in [5.74, 6) is 0.813. The molecule has 17 heavy (non-hydrogen) atoms. The molecule has 5 heteroatoms. The standard InChI is InChI=1S/C12H23N3O2/c1-3-4-7-16-8-5-13-6-9-17-12-10-14-15(2)11-12/h10-11,13H,3-9H2,1-2H3. The number of nitrogens with one attached hydrogen (secondary N) is 1. The van der Waals surface area contributed by atoms with Crippen LogP contribution in [0.2, 0.25) is 0 Å². The summed E-state index contributed by atoms with van der Waals surface area (Å²) in [7, 11) is 1.87. The lowest BCUT2D eigenvalue weighted by atomic mass is 10.4. The van der Waals surface area contributed by atoms with Gasteiger partial charge in [-0.15, -0.1) is 0 Å². The Hall–Kier alpha value is -1.07. The Kier molecular flexibility index (Phi) is 7.42. The summed E-state index contributed by atoms with van der Waals surface area (Å²) in [6.07, 6.45) is 5.90. The fraction of sp³-hybridized carbons (Fsp3) is 0.750. The van der Waals surface area contributed by atoms with Gasteiger partial charge in [0, 0.05) is 26.7 Å². The van der Waals surface area contributed by atoms with Crippen LogP contribution in [0, 0.1) is 0 Å². The molecule has 0 radical (unpaired) electrons. The normalized spacial score (nSPS) is 10.7. The van der Waals surface area contributed by atoms with E-state index in [0.29, 0.717) is 6.61 Å². The maximum atomic E-state index is 5.49. The van der Waals surface area contributed by atoms with E-state index in [1.807, 2.05) is 13.2 Å². The van der Waals surface area contributed by atoms with E-state index in [2.05, 4.69) is 17.3 Å². The highest BCUT2D eigenvalue weighted by Gasteiger charge is 1.95. The summed E-state index contributed by atoms with van der Waals surface area (Å²) < 4.78 is 12.6. The third-order valence-electron chi connectivity index (χ3n) is 2.29. The number of ether oxygens (including phenoxy) is 2. The molecule has 0 atom stereocenters. The molecule has 1 heterocycles. The molecule has 0 aliphatic carbocycles. The van der Waals surface area contributed by atoms with Gasteiger partial charge in [0.1, 0.15) is 6.61 Å². The van der Waals surface area contributed by atoms with Crippen molar-refractivity contribution in [3.05, 3.63) is 12.4 Å². The maximum absolute atomic E-state index is 5.49. The van der Waals surface area contributed by atoms with E-state index in [0.717, 1.165) is 38.5 Å². The minimum Gasteiger partial charge on any atom is -0.489 e. The van der Waals surface area contributed by atoms with Crippen LogP contribution < -0.4 is 10.1 Å². The fourth-order valence-corrected chi connectivity index (χ4v) is 1.33. The molecule has 5 nitrogen and oxygen atoms in total. The van der Waals surface area contributed by atoms with E-state index in [4.69, 9.17) is 9.47 Å². The first-order chi connectivity index (χ1) is 8.33.